The smallest absolute Gasteiger partial charge is 0.253 e. The highest BCUT2D eigenvalue weighted by Crippen LogP contribution is 2.11. The summed E-state index contributed by atoms with van der Waals surface area (Å²) in [5.41, 5.74) is 1.58. The summed E-state index contributed by atoms with van der Waals surface area (Å²) in [5, 5.41) is 7.01. The molecule has 0 unspecified atom stereocenters. The fraction of sp³-hybridized carbons (Fsp3) is 0.556. The molecule has 1 aromatic rings. The van der Waals surface area contributed by atoms with E-state index >= 15 is 0 Å². The van der Waals surface area contributed by atoms with Gasteiger partial charge in [0.2, 0.25) is 0 Å². The van der Waals surface area contributed by atoms with Crippen LogP contribution >= 0.6 is 12.2 Å². The van der Waals surface area contributed by atoms with Crippen LogP contribution in [0.1, 0.15) is 24.2 Å². The average molecular weight is 366 g/mol. The van der Waals surface area contributed by atoms with Gasteiger partial charge in [0.1, 0.15) is 13.1 Å². The van der Waals surface area contributed by atoms with Crippen LogP contribution in [-0.2, 0) is 4.74 Å². The van der Waals surface area contributed by atoms with Gasteiger partial charge in [0.15, 0.2) is 5.11 Å². The van der Waals surface area contributed by atoms with Gasteiger partial charge in [0.05, 0.1) is 26.3 Å². The number of amides is 1. The first-order valence-electron chi connectivity index (χ1n) is 8.99. The van der Waals surface area contributed by atoms with Gasteiger partial charge in [-0.05, 0) is 50.3 Å². The van der Waals surface area contributed by atoms with Crippen LogP contribution in [0.25, 0.3) is 0 Å². The predicted octanol–water partition coefficient (Wildman–Crippen LogP) is 0.370. The molecule has 0 spiro atoms. The number of ether oxygens (including phenoxy) is 1. The monoisotopic (exact) mass is 365 g/mol. The van der Waals surface area contributed by atoms with E-state index in [1.165, 1.54) is 0 Å². The Hall–Kier alpha value is -1.70. The Balaban J connectivity index is 1.76. The first-order valence-corrected chi connectivity index (χ1v) is 9.40. The molecule has 0 aromatic heterocycles. The van der Waals surface area contributed by atoms with Gasteiger partial charge in [0, 0.05) is 24.3 Å². The standard InChI is InChI=1S/C18H28N4O2S/c1-3-22(4-2)17(23)15-5-7-16(8-6-15)20-18(25)19-9-10-21-11-13-24-14-12-21/h5-8H,3-4,9-14H2,1-2H3,(H2,19,20,25)/p+1. The van der Waals surface area contributed by atoms with Crippen molar-refractivity contribution in [1.82, 2.24) is 10.2 Å². The third-order valence-corrected chi connectivity index (χ3v) is 4.65. The first-order chi connectivity index (χ1) is 12.1. The Bertz CT molecular complexity index is 555. The molecule has 0 saturated carbocycles. The highest BCUT2D eigenvalue weighted by Gasteiger charge is 2.13. The summed E-state index contributed by atoms with van der Waals surface area (Å²) in [6, 6.07) is 7.45. The third kappa shape index (κ3) is 6.26. The molecule has 0 aliphatic carbocycles. The number of hydrogen-bond donors (Lipinski definition) is 3. The summed E-state index contributed by atoms with van der Waals surface area (Å²) < 4.78 is 5.36. The molecule has 3 N–H and O–H groups in total. The molecule has 1 fully saturated rings. The lowest BCUT2D eigenvalue weighted by Crippen LogP contribution is -3.14. The number of carbonyl (C=O) groups is 1. The van der Waals surface area contributed by atoms with Crippen LogP contribution in [-0.4, -0.2) is 68.4 Å². The second-order valence-electron chi connectivity index (χ2n) is 6.05. The zero-order chi connectivity index (χ0) is 18.1. The van der Waals surface area contributed by atoms with Gasteiger partial charge >= 0.3 is 0 Å². The molecule has 1 amide bonds. The van der Waals surface area contributed by atoms with E-state index in [0.717, 1.165) is 45.1 Å². The highest BCUT2D eigenvalue weighted by molar-refractivity contribution is 7.80. The molecule has 1 saturated heterocycles. The maximum atomic E-state index is 12.3. The molecule has 1 aliphatic rings. The van der Waals surface area contributed by atoms with E-state index in [2.05, 4.69) is 10.6 Å². The van der Waals surface area contributed by atoms with Crippen LogP contribution in [0, 0.1) is 0 Å². The van der Waals surface area contributed by atoms with Crippen molar-refractivity contribution in [1.29, 1.82) is 0 Å². The SMILES string of the molecule is CCN(CC)C(=O)c1ccc(NC(=S)NCC[NH+]2CCOCC2)cc1. The summed E-state index contributed by atoms with van der Waals surface area (Å²) in [4.78, 5) is 15.6. The van der Waals surface area contributed by atoms with Crippen molar-refractivity contribution in [3.63, 3.8) is 0 Å². The number of nitrogens with zero attached hydrogens (tertiary/aromatic N) is 1. The average Bonchev–Trinajstić information content (AvgIpc) is 2.64. The van der Waals surface area contributed by atoms with Crippen molar-refractivity contribution in [3.05, 3.63) is 29.8 Å². The largest absolute Gasteiger partial charge is 0.370 e. The number of nitrogens with one attached hydrogen (secondary N) is 3. The minimum atomic E-state index is 0.0609. The molecule has 1 aliphatic heterocycles. The van der Waals surface area contributed by atoms with Gasteiger partial charge in [-0.15, -0.1) is 0 Å². The van der Waals surface area contributed by atoms with Crippen molar-refractivity contribution in [2.24, 2.45) is 0 Å². The Labute approximate surface area is 155 Å². The molecule has 2 rings (SSSR count). The zero-order valence-corrected chi connectivity index (χ0v) is 16.0. The number of quaternary nitrogens is 1. The van der Waals surface area contributed by atoms with E-state index in [1.54, 1.807) is 4.90 Å². The predicted molar refractivity (Wildman–Crippen MR) is 104 cm³/mol. The molecule has 0 radical (unpaired) electrons. The Morgan fingerprint density at radius 3 is 2.44 bits per heavy atom. The topological polar surface area (TPSA) is 58.0 Å². The van der Waals surface area contributed by atoms with Crippen LogP contribution < -0.4 is 15.5 Å². The van der Waals surface area contributed by atoms with Gasteiger partial charge in [-0.2, -0.15) is 0 Å². The van der Waals surface area contributed by atoms with Crippen molar-refractivity contribution in [2.45, 2.75) is 13.8 Å². The fourth-order valence-corrected chi connectivity index (χ4v) is 3.05. The maximum absolute atomic E-state index is 12.3. The van der Waals surface area contributed by atoms with E-state index in [9.17, 15) is 4.79 Å². The van der Waals surface area contributed by atoms with Gasteiger partial charge in [-0.3, -0.25) is 4.79 Å². The number of rotatable bonds is 7. The van der Waals surface area contributed by atoms with E-state index in [-0.39, 0.29) is 5.91 Å². The molecule has 0 bridgehead atoms. The van der Waals surface area contributed by atoms with Crippen molar-refractivity contribution >= 4 is 28.9 Å². The van der Waals surface area contributed by atoms with Crippen LogP contribution in [0.2, 0.25) is 0 Å². The van der Waals surface area contributed by atoms with Gasteiger partial charge in [-0.1, -0.05) is 0 Å². The molecule has 25 heavy (non-hydrogen) atoms. The first kappa shape index (κ1) is 19.6. The van der Waals surface area contributed by atoms with Crippen LogP contribution in [0.15, 0.2) is 24.3 Å². The third-order valence-electron chi connectivity index (χ3n) is 4.40. The number of hydrogen-bond acceptors (Lipinski definition) is 3. The van der Waals surface area contributed by atoms with Crippen molar-refractivity contribution < 1.29 is 14.4 Å². The molecule has 1 heterocycles. The Kier molecular flexibility index (Phi) is 8.11. The van der Waals surface area contributed by atoms with Gasteiger partial charge in [0.25, 0.3) is 5.91 Å². The minimum absolute atomic E-state index is 0.0609. The summed E-state index contributed by atoms with van der Waals surface area (Å²) in [7, 11) is 0. The summed E-state index contributed by atoms with van der Waals surface area (Å²) >= 11 is 5.34. The van der Waals surface area contributed by atoms with Gasteiger partial charge < -0.3 is 25.2 Å². The lowest BCUT2D eigenvalue weighted by atomic mass is 10.2. The second-order valence-corrected chi connectivity index (χ2v) is 6.46. The molecule has 0 atom stereocenters. The summed E-state index contributed by atoms with van der Waals surface area (Å²) in [6.45, 7) is 11.1. The lowest BCUT2D eigenvalue weighted by molar-refractivity contribution is -0.906. The van der Waals surface area contributed by atoms with E-state index in [1.807, 2.05) is 43.0 Å². The lowest BCUT2D eigenvalue weighted by Gasteiger charge is -2.24. The van der Waals surface area contributed by atoms with E-state index in [0.29, 0.717) is 23.8 Å². The van der Waals surface area contributed by atoms with Gasteiger partial charge in [-0.25, -0.2) is 0 Å². The van der Waals surface area contributed by atoms with Crippen molar-refractivity contribution in [3.8, 4) is 0 Å². The molecule has 7 heteroatoms. The summed E-state index contributed by atoms with van der Waals surface area (Å²) in [6.07, 6.45) is 0. The number of anilines is 1. The number of morpholine rings is 1. The van der Waals surface area contributed by atoms with Crippen LogP contribution in [0.4, 0.5) is 5.69 Å². The fourth-order valence-electron chi connectivity index (χ4n) is 2.83. The van der Waals surface area contributed by atoms with E-state index < -0.39 is 0 Å². The second kappa shape index (κ2) is 10.3. The minimum Gasteiger partial charge on any atom is -0.370 e. The van der Waals surface area contributed by atoms with Crippen molar-refractivity contribution in [2.75, 3.05) is 57.8 Å². The zero-order valence-electron chi connectivity index (χ0n) is 15.1. The Morgan fingerprint density at radius 2 is 1.84 bits per heavy atom. The summed E-state index contributed by atoms with van der Waals surface area (Å²) in [5.74, 6) is 0.0609. The molecule has 6 nitrogen and oxygen atoms in total. The number of carbonyl (C=O) groups excluding carboxylic acids is 1. The number of thiocarbonyl (C=S) groups is 1. The highest BCUT2D eigenvalue weighted by atomic mass is 32.1. The Morgan fingerprint density at radius 1 is 1.20 bits per heavy atom. The quantitative estimate of drug-likeness (QED) is 0.610. The molecular formula is C18H29N4O2S+. The van der Waals surface area contributed by atoms with Crippen LogP contribution in [0.3, 0.4) is 0 Å². The molecular weight excluding hydrogens is 336 g/mol. The normalized spacial score (nSPS) is 14.8. The van der Waals surface area contributed by atoms with Crippen LogP contribution in [0.5, 0.6) is 0 Å². The maximum Gasteiger partial charge on any atom is 0.253 e. The number of benzene rings is 1. The molecule has 1 aromatic carbocycles. The van der Waals surface area contributed by atoms with E-state index in [4.69, 9.17) is 17.0 Å². The molecule has 138 valence electrons.